The highest BCUT2D eigenvalue weighted by molar-refractivity contribution is 9.10. The molecule has 2 rings (SSSR count). The van der Waals surface area contributed by atoms with Crippen LogP contribution in [-0.4, -0.2) is 10.9 Å². The van der Waals surface area contributed by atoms with Crippen molar-refractivity contribution >= 4 is 27.5 Å². The fourth-order valence-corrected chi connectivity index (χ4v) is 1.85. The number of nitrogens with one attached hydrogen (secondary N) is 1. The van der Waals surface area contributed by atoms with Gasteiger partial charge in [0.1, 0.15) is 0 Å². The fourth-order valence-electron chi connectivity index (χ4n) is 1.48. The SMILES string of the molecule is Cc1cccc(NC(=O)c2ccnc(F)c2)c1Br. The Labute approximate surface area is 112 Å². The van der Waals surface area contributed by atoms with E-state index in [-0.39, 0.29) is 11.5 Å². The topological polar surface area (TPSA) is 42.0 Å². The van der Waals surface area contributed by atoms with Crippen LogP contribution in [0.15, 0.2) is 41.0 Å². The maximum Gasteiger partial charge on any atom is 0.255 e. The molecule has 92 valence electrons. The Morgan fingerprint density at radius 3 is 2.89 bits per heavy atom. The summed E-state index contributed by atoms with van der Waals surface area (Å²) in [6.45, 7) is 1.92. The highest BCUT2D eigenvalue weighted by atomic mass is 79.9. The summed E-state index contributed by atoms with van der Waals surface area (Å²) in [5.41, 5.74) is 1.89. The Balaban J connectivity index is 2.24. The van der Waals surface area contributed by atoms with E-state index in [0.29, 0.717) is 5.69 Å². The van der Waals surface area contributed by atoms with Gasteiger partial charge in [0.15, 0.2) is 0 Å². The highest BCUT2D eigenvalue weighted by Gasteiger charge is 2.10. The maximum atomic E-state index is 12.9. The van der Waals surface area contributed by atoms with Crippen molar-refractivity contribution in [2.75, 3.05) is 5.32 Å². The molecular formula is C13H10BrFN2O. The molecule has 1 heterocycles. The van der Waals surface area contributed by atoms with Crippen LogP contribution >= 0.6 is 15.9 Å². The van der Waals surface area contributed by atoms with E-state index in [2.05, 4.69) is 26.2 Å². The number of carbonyl (C=O) groups is 1. The van der Waals surface area contributed by atoms with Crippen molar-refractivity contribution in [3.8, 4) is 0 Å². The molecule has 1 aromatic heterocycles. The molecule has 0 fully saturated rings. The molecule has 0 aliphatic carbocycles. The van der Waals surface area contributed by atoms with Gasteiger partial charge in [-0.25, -0.2) is 4.98 Å². The molecule has 18 heavy (non-hydrogen) atoms. The average Bonchev–Trinajstić information content (AvgIpc) is 2.35. The molecule has 1 aromatic carbocycles. The quantitative estimate of drug-likeness (QED) is 0.862. The number of amides is 1. The van der Waals surface area contributed by atoms with Crippen LogP contribution in [-0.2, 0) is 0 Å². The Morgan fingerprint density at radius 1 is 1.39 bits per heavy atom. The molecule has 0 aliphatic heterocycles. The first-order valence-electron chi connectivity index (χ1n) is 5.26. The van der Waals surface area contributed by atoms with Crippen molar-refractivity contribution < 1.29 is 9.18 Å². The van der Waals surface area contributed by atoms with Crippen molar-refractivity contribution in [2.24, 2.45) is 0 Å². The van der Waals surface area contributed by atoms with Crippen molar-refractivity contribution in [3.05, 3.63) is 58.1 Å². The molecule has 2 aromatic rings. The van der Waals surface area contributed by atoms with E-state index in [4.69, 9.17) is 0 Å². The van der Waals surface area contributed by atoms with E-state index in [1.165, 1.54) is 12.3 Å². The summed E-state index contributed by atoms with van der Waals surface area (Å²) >= 11 is 3.39. The van der Waals surface area contributed by atoms with Gasteiger partial charge >= 0.3 is 0 Å². The lowest BCUT2D eigenvalue weighted by molar-refractivity contribution is 0.102. The molecule has 1 amide bonds. The second-order valence-corrected chi connectivity index (χ2v) is 4.55. The maximum absolute atomic E-state index is 12.9. The van der Waals surface area contributed by atoms with E-state index in [9.17, 15) is 9.18 Å². The minimum Gasteiger partial charge on any atom is -0.321 e. The Morgan fingerprint density at radius 2 is 2.17 bits per heavy atom. The summed E-state index contributed by atoms with van der Waals surface area (Å²) in [5, 5.41) is 2.71. The standard InChI is InChI=1S/C13H10BrFN2O/c1-8-3-2-4-10(12(8)14)17-13(18)9-5-6-16-11(15)7-9/h2-7H,1H3,(H,17,18). The Bertz CT molecular complexity index is 601. The summed E-state index contributed by atoms with van der Waals surface area (Å²) in [6.07, 6.45) is 1.26. The number of hydrogen-bond donors (Lipinski definition) is 1. The van der Waals surface area contributed by atoms with Gasteiger partial charge in [0.05, 0.1) is 5.69 Å². The summed E-state index contributed by atoms with van der Waals surface area (Å²) in [6, 6.07) is 8.09. The number of halogens is 2. The van der Waals surface area contributed by atoms with Gasteiger partial charge in [-0.2, -0.15) is 4.39 Å². The molecular weight excluding hydrogens is 299 g/mol. The van der Waals surface area contributed by atoms with Crippen LogP contribution in [0.1, 0.15) is 15.9 Å². The van der Waals surface area contributed by atoms with Gasteiger partial charge < -0.3 is 5.32 Å². The first-order valence-corrected chi connectivity index (χ1v) is 6.05. The number of aromatic nitrogens is 1. The van der Waals surface area contributed by atoms with Gasteiger partial charge in [-0.1, -0.05) is 12.1 Å². The first-order chi connectivity index (χ1) is 8.58. The predicted molar refractivity (Wildman–Crippen MR) is 71.0 cm³/mol. The zero-order valence-corrected chi connectivity index (χ0v) is 11.2. The molecule has 0 atom stereocenters. The molecule has 0 saturated heterocycles. The molecule has 0 saturated carbocycles. The summed E-state index contributed by atoms with van der Waals surface area (Å²) in [5.74, 6) is -1.05. The Hall–Kier alpha value is -1.75. The minimum atomic E-state index is -0.675. The second-order valence-electron chi connectivity index (χ2n) is 3.76. The fraction of sp³-hybridized carbons (Fsp3) is 0.0769. The average molecular weight is 309 g/mol. The molecule has 0 aliphatic rings. The third-order valence-electron chi connectivity index (χ3n) is 2.43. The van der Waals surface area contributed by atoms with E-state index in [0.717, 1.165) is 16.1 Å². The van der Waals surface area contributed by atoms with Crippen LogP contribution in [0.5, 0.6) is 0 Å². The van der Waals surface area contributed by atoms with E-state index in [1.807, 2.05) is 19.1 Å². The lowest BCUT2D eigenvalue weighted by Gasteiger charge is -2.09. The number of hydrogen-bond acceptors (Lipinski definition) is 2. The van der Waals surface area contributed by atoms with E-state index >= 15 is 0 Å². The van der Waals surface area contributed by atoms with Crippen LogP contribution in [0.25, 0.3) is 0 Å². The monoisotopic (exact) mass is 308 g/mol. The zero-order chi connectivity index (χ0) is 13.1. The molecule has 5 heteroatoms. The lowest BCUT2D eigenvalue weighted by Crippen LogP contribution is -2.13. The van der Waals surface area contributed by atoms with Crippen LogP contribution in [0, 0.1) is 12.9 Å². The molecule has 3 nitrogen and oxygen atoms in total. The number of anilines is 1. The number of pyridine rings is 1. The van der Waals surface area contributed by atoms with Crippen molar-refractivity contribution in [3.63, 3.8) is 0 Å². The molecule has 0 bridgehead atoms. The van der Waals surface area contributed by atoms with Gasteiger partial charge in [-0.3, -0.25) is 4.79 Å². The third-order valence-corrected chi connectivity index (χ3v) is 3.48. The number of nitrogens with zero attached hydrogens (tertiary/aromatic N) is 1. The number of rotatable bonds is 2. The van der Waals surface area contributed by atoms with Crippen LogP contribution in [0.2, 0.25) is 0 Å². The minimum absolute atomic E-state index is 0.232. The van der Waals surface area contributed by atoms with Gasteiger partial charge in [-0.05, 0) is 40.5 Å². The molecule has 0 unspecified atom stereocenters. The first kappa shape index (κ1) is 12.7. The Kier molecular flexibility index (Phi) is 3.72. The van der Waals surface area contributed by atoms with Gasteiger partial charge in [0, 0.05) is 22.3 Å². The van der Waals surface area contributed by atoms with Crippen molar-refractivity contribution in [1.29, 1.82) is 0 Å². The molecule has 1 N–H and O–H groups in total. The third kappa shape index (κ3) is 2.73. The zero-order valence-electron chi connectivity index (χ0n) is 9.58. The molecule has 0 radical (unpaired) electrons. The summed E-state index contributed by atoms with van der Waals surface area (Å²) < 4.78 is 13.7. The van der Waals surface area contributed by atoms with Crippen LogP contribution < -0.4 is 5.32 Å². The molecule has 0 spiro atoms. The number of aryl methyl sites for hydroxylation is 1. The second kappa shape index (κ2) is 5.27. The van der Waals surface area contributed by atoms with Crippen LogP contribution in [0.4, 0.5) is 10.1 Å². The van der Waals surface area contributed by atoms with Crippen molar-refractivity contribution in [1.82, 2.24) is 4.98 Å². The predicted octanol–water partition coefficient (Wildman–Crippen LogP) is 3.54. The van der Waals surface area contributed by atoms with E-state index in [1.54, 1.807) is 6.07 Å². The smallest absolute Gasteiger partial charge is 0.255 e. The highest BCUT2D eigenvalue weighted by Crippen LogP contribution is 2.26. The van der Waals surface area contributed by atoms with Gasteiger partial charge in [0.25, 0.3) is 5.91 Å². The van der Waals surface area contributed by atoms with E-state index < -0.39 is 5.95 Å². The summed E-state index contributed by atoms with van der Waals surface area (Å²) in [7, 11) is 0. The van der Waals surface area contributed by atoms with Gasteiger partial charge in [-0.15, -0.1) is 0 Å². The largest absolute Gasteiger partial charge is 0.321 e. The van der Waals surface area contributed by atoms with Gasteiger partial charge in [0.2, 0.25) is 5.95 Å². The van der Waals surface area contributed by atoms with Crippen LogP contribution in [0.3, 0.4) is 0 Å². The lowest BCUT2D eigenvalue weighted by atomic mass is 10.2. The summed E-state index contributed by atoms with van der Waals surface area (Å²) in [4.78, 5) is 15.3. The number of carbonyl (C=O) groups excluding carboxylic acids is 1. The normalized spacial score (nSPS) is 10.2. The van der Waals surface area contributed by atoms with Crippen molar-refractivity contribution in [2.45, 2.75) is 6.92 Å². The number of benzene rings is 1.